The molecular weight excluding hydrogens is 254 g/mol. The summed E-state index contributed by atoms with van der Waals surface area (Å²) in [5.41, 5.74) is 1.53. The number of allylic oxidation sites excluding steroid dienone is 1. The summed E-state index contributed by atoms with van der Waals surface area (Å²) in [6, 6.07) is 7.30. The van der Waals surface area contributed by atoms with E-state index in [1.807, 2.05) is 24.3 Å². The van der Waals surface area contributed by atoms with Gasteiger partial charge in [-0.3, -0.25) is 9.59 Å². The molecule has 3 fully saturated rings. The second kappa shape index (κ2) is 5.12. The Labute approximate surface area is 118 Å². The smallest absolute Gasteiger partial charge is 0.308 e. The molecule has 3 saturated heterocycles. The Morgan fingerprint density at radius 2 is 2.00 bits per heavy atom. The summed E-state index contributed by atoms with van der Waals surface area (Å²) in [7, 11) is 0. The largest absolute Gasteiger partial charge is 0.426 e. The van der Waals surface area contributed by atoms with E-state index in [-0.39, 0.29) is 17.7 Å². The Hall–Kier alpha value is -2.10. The van der Waals surface area contributed by atoms with Crippen molar-refractivity contribution in [2.24, 2.45) is 5.92 Å². The first kappa shape index (κ1) is 12.9. The highest BCUT2D eigenvalue weighted by Gasteiger charge is 2.36. The molecule has 0 atom stereocenters. The summed E-state index contributed by atoms with van der Waals surface area (Å²) in [5.74, 6) is 0.544. The van der Waals surface area contributed by atoms with E-state index in [2.05, 4.69) is 4.90 Å². The van der Waals surface area contributed by atoms with Gasteiger partial charge in [-0.05, 0) is 25.0 Å². The quantitative estimate of drug-likeness (QED) is 0.470. The maximum Gasteiger partial charge on any atom is 0.308 e. The molecule has 4 nitrogen and oxygen atoms in total. The average molecular weight is 271 g/mol. The number of Topliss-reactive ketones (excluding diaryl/α,β-unsaturated/α-hetero) is 1. The van der Waals surface area contributed by atoms with E-state index in [1.54, 1.807) is 6.07 Å². The molecule has 4 rings (SSSR count). The van der Waals surface area contributed by atoms with E-state index >= 15 is 0 Å². The third-order valence-corrected chi connectivity index (χ3v) is 3.92. The van der Waals surface area contributed by atoms with Gasteiger partial charge in [0.25, 0.3) is 0 Å². The van der Waals surface area contributed by atoms with Crippen LogP contribution in [0.15, 0.2) is 30.0 Å². The van der Waals surface area contributed by atoms with Crippen molar-refractivity contribution in [3.8, 4) is 5.75 Å². The highest BCUT2D eigenvalue weighted by Crippen LogP contribution is 2.33. The average Bonchev–Trinajstić information content (AvgIpc) is 2.44. The number of carbonyl (C=O) groups excluding carboxylic acids is 2. The van der Waals surface area contributed by atoms with Crippen LogP contribution < -0.4 is 4.74 Å². The van der Waals surface area contributed by atoms with Gasteiger partial charge in [-0.1, -0.05) is 18.2 Å². The second-order valence-electron chi connectivity index (χ2n) is 5.29. The molecule has 104 valence electrons. The molecule has 4 heteroatoms. The maximum atomic E-state index is 12.3. The van der Waals surface area contributed by atoms with Gasteiger partial charge in [-0.2, -0.15) is 0 Å². The highest BCUT2D eigenvalue weighted by atomic mass is 16.5. The van der Waals surface area contributed by atoms with Crippen molar-refractivity contribution in [2.45, 2.75) is 19.8 Å². The number of benzene rings is 1. The number of carbonyl (C=O) groups is 2. The standard InChI is InChI=1S/C16H17NO3/c1-11(18)20-15-5-3-2-4-13(15)10-14-16(19)12-6-8-17(14)9-7-12/h2-5,10,12H,6-9H2,1H3/b14-10+. The predicted molar refractivity (Wildman–Crippen MR) is 75.0 cm³/mol. The van der Waals surface area contributed by atoms with Gasteiger partial charge < -0.3 is 9.64 Å². The summed E-state index contributed by atoms with van der Waals surface area (Å²) >= 11 is 0. The molecule has 0 saturated carbocycles. The molecule has 0 radical (unpaired) electrons. The first-order valence-corrected chi connectivity index (χ1v) is 6.93. The van der Waals surface area contributed by atoms with Gasteiger partial charge in [-0.25, -0.2) is 0 Å². The van der Waals surface area contributed by atoms with Crippen LogP contribution in [0.25, 0.3) is 6.08 Å². The van der Waals surface area contributed by atoms with Crippen LogP contribution in [-0.2, 0) is 9.59 Å². The fraction of sp³-hybridized carbons (Fsp3) is 0.375. The third kappa shape index (κ3) is 2.33. The zero-order valence-corrected chi connectivity index (χ0v) is 11.5. The lowest BCUT2D eigenvalue weighted by Crippen LogP contribution is -2.45. The van der Waals surface area contributed by atoms with Crippen molar-refractivity contribution in [1.82, 2.24) is 4.90 Å². The summed E-state index contributed by atoms with van der Waals surface area (Å²) in [4.78, 5) is 25.6. The van der Waals surface area contributed by atoms with Gasteiger partial charge in [0.15, 0.2) is 5.78 Å². The summed E-state index contributed by atoms with van der Waals surface area (Å²) in [6.45, 7) is 3.26. The van der Waals surface area contributed by atoms with Crippen LogP contribution in [0.1, 0.15) is 25.3 Å². The molecule has 0 spiro atoms. The van der Waals surface area contributed by atoms with Crippen LogP contribution in [0, 0.1) is 5.92 Å². The first-order valence-electron chi connectivity index (χ1n) is 6.93. The number of hydrogen-bond donors (Lipinski definition) is 0. The maximum absolute atomic E-state index is 12.3. The van der Waals surface area contributed by atoms with E-state index in [1.165, 1.54) is 6.92 Å². The number of piperidine rings is 3. The minimum absolute atomic E-state index is 0.173. The van der Waals surface area contributed by atoms with Crippen molar-refractivity contribution < 1.29 is 14.3 Å². The molecular formula is C16H17NO3. The van der Waals surface area contributed by atoms with Gasteiger partial charge in [0, 0.05) is 31.5 Å². The first-order chi connectivity index (χ1) is 9.65. The molecule has 3 aliphatic rings. The molecule has 3 aliphatic heterocycles. The zero-order chi connectivity index (χ0) is 14.1. The fourth-order valence-electron chi connectivity index (χ4n) is 2.90. The minimum Gasteiger partial charge on any atom is -0.426 e. The topological polar surface area (TPSA) is 46.6 Å². The van der Waals surface area contributed by atoms with Gasteiger partial charge in [0.1, 0.15) is 5.75 Å². The minimum atomic E-state index is -0.354. The lowest BCUT2D eigenvalue weighted by atomic mass is 9.84. The van der Waals surface area contributed by atoms with E-state index in [0.717, 1.165) is 37.2 Å². The molecule has 1 aromatic rings. The van der Waals surface area contributed by atoms with Crippen LogP contribution in [0.4, 0.5) is 0 Å². The lowest BCUT2D eigenvalue weighted by molar-refractivity contribution is -0.131. The number of ketones is 1. The predicted octanol–water partition coefficient (Wildman–Crippen LogP) is 2.25. The third-order valence-electron chi connectivity index (χ3n) is 3.92. The molecule has 0 aliphatic carbocycles. The number of esters is 1. The molecule has 0 unspecified atom stereocenters. The Kier molecular flexibility index (Phi) is 3.30. The summed E-state index contributed by atoms with van der Waals surface area (Å²) in [5, 5.41) is 0. The van der Waals surface area contributed by atoms with Gasteiger partial charge >= 0.3 is 5.97 Å². The molecule has 3 heterocycles. The van der Waals surface area contributed by atoms with Crippen LogP contribution >= 0.6 is 0 Å². The van der Waals surface area contributed by atoms with Crippen molar-refractivity contribution >= 4 is 17.8 Å². The van der Waals surface area contributed by atoms with E-state index in [0.29, 0.717) is 5.75 Å². The summed E-state index contributed by atoms with van der Waals surface area (Å²) in [6.07, 6.45) is 3.77. The number of fused-ring (bicyclic) bond motifs is 3. The molecule has 0 N–H and O–H groups in total. The number of rotatable bonds is 2. The summed E-state index contributed by atoms with van der Waals surface area (Å²) < 4.78 is 5.19. The van der Waals surface area contributed by atoms with Crippen LogP contribution in [0.2, 0.25) is 0 Å². The molecule has 0 aromatic heterocycles. The Morgan fingerprint density at radius 3 is 2.65 bits per heavy atom. The van der Waals surface area contributed by atoms with Crippen molar-refractivity contribution in [1.29, 1.82) is 0 Å². The van der Waals surface area contributed by atoms with E-state index in [4.69, 9.17) is 4.74 Å². The molecule has 0 amide bonds. The normalized spacial score (nSPS) is 20.6. The SMILES string of the molecule is CC(=O)Oc1ccccc1/C=C1\C(=O)C2CCN1CC2. The van der Waals surface area contributed by atoms with E-state index < -0.39 is 0 Å². The number of hydrogen-bond acceptors (Lipinski definition) is 4. The molecule has 20 heavy (non-hydrogen) atoms. The van der Waals surface area contributed by atoms with Crippen molar-refractivity contribution in [3.05, 3.63) is 35.5 Å². The number of para-hydroxylation sites is 1. The molecule has 1 aromatic carbocycles. The van der Waals surface area contributed by atoms with Gasteiger partial charge in [-0.15, -0.1) is 0 Å². The zero-order valence-electron chi connectivity index (χ0n) is 11.5. The van der Waals surface area contributed by atoms with Gasteiger partial charge in [0.05, 0.1) is 5.70 Å². The van der Waals surface area contributed by atoms with Crippen LogP contribution in [0.5, 0.6) is 5.75 Å². The van der Waals surface area contributed by atoms with E-state index in [9.17, 15) is 9.59 Å². The number of ether oxygens (including phenoxy) is 1. The second-order valence-corrected chi connectivity index (χ2v) is 5.29. The van der Waals surface area contributed by atoms with Gasteiger partial charge in [0.2, 0.25) is 0 Å². The van der Waals surface area contributed by atoms with Crippen LogP contribution in [0.3, 0.4) is 0 Å². The Balaban J connectivity index is 1.96. The fourth-order valence-corrected chi connectivity index (χ4v) is 2.90. The number of nitrogens with zero attached hydrogens (tertiary/aromatic N) is 1. The van der Waals surface area contributed by atoms with Crippen molar-refractivity contribution in [2.75, 3.05) is 13.1 Å². The lowest BCUT2D eigenvalue weighted by Gasteiger charge is -2.41. The monoisotopic (exact) mass is 271 g/mol. The van der Waals surface area contributed by atoms with Crippen molar-refractivity contribution in [3.63, 3.8) is 0 Å². The highest BCUT2D eigenvalue weighted by molar-refractivity contribution is 6.02. The Morgan fingerprint density at radius 1 is 1.30 bits per heavy atom. The Bertz CT molecular complexity index is 583. The van der Waals surface area contributed by atoms with Crippen LogP contribution in [-0.4, -0.2) is 29.7 Å². The molecule has 2 bridgehead atoms.